The number of para-hydroxylation sites is 1. The largest absolute Gasteiger partial charge is 0.384 e. The van der Waals surface area contributed by atoms with Gasteiger partial charge in [-0.15, -0.1) is 0 Å². The lowest BCUT2D eigenvalue weighted by Gasteiger charge is -2.23. The molecule has 1 aromatic rings. The van der Waals surface area contributed by atoms with Crippen LogP contribution in [0.2, 0.25) is 0 Å². The van der Waals surface area contributed by atoms with Crippen LogP contribution in [0.5, 0.6) is 0 Å². The SMILES string of the molecule is CCCC1(C)CNc2ccccc21. The Morgan fingerprint density at radius 1 is 1.38 bits per heavy atom. The summed E-state index contributed by atoms with van der Waals surface area (Å²) in [5.74, 6) is 0. The molecule has 0 saturated heterocycles. The van der Waals surface area contributed by atoms with E-state index in [0.717, 1.165) is 6.54 Å². The molecule has 2 rings (SSSR count). The Morgan fingerprint density at radius 3 is 2.92 bits per heavy atom. The van der Waals surface area contributed by atoms with Crippen LogP contribution in [0, 0.1) is 0 Å². The van der Waals surface area contributed by atoms with Gasteiger partial charge < -0.3 is 5.32 Å². The van der Waals surface area contributed by atoms with Crippen molar-refractivity contribution in [2.24, 2.45) is 0 Å². The average molecular weight is 175 g/mol. The van der Waals surface area contributed by atoms with E-state index in [1.165, 1.54) is 24.1 Å². The van der Waals surface area contributed by atoms with Crippen molar-refractivity contribution in [3.05, 3.63) is 29.8 Å². The monoisotopic (exact) mass is 175 g/mol. The Bertz CT molecular complexity index is 302. The van der Waals surface area contributed by atoms with E-state index in [4.69, 9.17) is 0 Å². The molecule has 0 spiro atoms. The second-order valence-corrected chi connectivity index (χ2v) is 4.21. The minimum Gasteiger partial charge on any atom is -0.384 e. The zero-order valence-corrected chi connectivity index (χ0v) is 8.43. The fraction of sp³-hybridized carbons (Fsp3) is 0.500. The summed E-state index contributed by atoms with van der Waals surface area (Å²) < 4.78 is 0. The third-order valence-corrected chi connectivity index (χ3v) is 3.05. The molecule has 1 atom stereocenters. The molecule has 0 radical (unpaired) electrons. The van der Waals surface area contributed by atoms with Crippen LogP contribution in [0.4, 0.5) is 5.69 Å². The van der Waals surface area contributed by atoms with Gasteiger partial charge in [0.1, 0.15) is 0 Å². The standard InChI is InChI=1S/C12H17N/c1-3-8-12(2)9-13-11-7-5-4-6-10(11)12/h4-7,13H,3,8-9H2,1-2H3. The summed E-state index contributed by atoms with van der Waals surface area (Å²) in [6.45, 7) is 5.71. The van der Waals surface area contributed by atoms with E-state index in [0.29, 0.717) is 5.41 Å². The summed E-state index contributed by atoms with van der Waals surface area (Å²) in [5.41, 5.74) is 3.20. The number of hydrogen-bond acceptors (Lipinski definition) is 1. The molecule has 1 aliphatic rings. The number of nitrogens with one attached hydrogen (secondary N) is 1. The number of benzene rings is 1. The molecule has 70 valence electrons. The molecule has 0 aliphatic carbocycles. The van der Waals surface area contributed by atoms with Crippen molar-refractivity contribution in [3.63, 3.8) is 0 Å². The van der Waals surface area contributed by atoms with Crippen molar-refractivity contribution in [1.82, 2.24) is 0 Å². The van der Waals surface area contributed by atoms with E-state index >= 15 is 0 Å². The molecular formula is C12H17N. The minimum atomic E-state index is 0.366. The Balaban J connectivity index is 2.37. The predicted octanol–water partition coefficient (Wildman–Crippen LogP) is 3.17. The zero-order chi connectivity index (χ0) is 9.31. The highest BCUT2D eigenvalue weighted by molar-refractivity contribution is 5.59. The highest BCUT2D eigenvalue weighted by atomic mass is 14.9. The summed E-state index contributed by atoms with van der Waals surface area (Å²) in [6, 6.07) is 8.67. The summed E-state index contributed by atoms with van der Waals surface area (Å²) >= 11 is 0. The van der Waals surface area contributed by atoms with Gasteiger partial charge in [0.05, 0.1) is 0 Å². The van der Waals surface area contributed by atoms with Gasteiger partial charge in [-0.05, 0) is 18.1 Å². The predicted molar refractivity (Wildman–Crippen MR) is 57.2 cm³/mol. The Kier molecular flexibility index (Phi) is 2.03. The maximum absolute atomic E-state index is 3.48. The van der Waals surface area contributed by atoms with E-state index in [-0.39, 0.29) is 0 Å². The second kappa shape index (κ2) is 3.06. The third-order valence-electron chi connectivity index (χ3n) is 3.05. The fourth-order valence-corrected chi connectivity index (χ4v) is 2.32. The van der Waals surface area contributed by atoms with Gasteiger partial charge in [0.2, 0.25) is 0 Å². The van der Waals surface area contributed by atoms with Gasteiger partial charge in [0.25, 0.3) is 0 Å². The molecule has 1 N–H and O–H groups in total. The molecule has 1 nitrogen and oxygen atoms in total. The van der Waals surface area contributed by atoms with Gasteiger partial charge in [-0.3, -0.25) is 0 Å². The van der Waals surface area contributed by atoms with E-state index < -0.39 is 0 Å². The highest BCUT2D eigenvalue weighted by Gasteiger charge is 2.32. The third kappa shape index (κ3) is 1.32. The van der Waals surface area contributed by atoms with Gasteiger partial charge in [0, 0.05) is 17.6 Å². The molecule has 13 heavy (non-hydrogen) atoms. The molecule has 1 aromatic carbocycles. The van der Waals surface area contributed by atoms with Crippen LogP contribution in [0.15, 0.2) is 24.3 Å². The number of hydrogen-bond donors (Lipinski definition) is 1. The molecule has 0 saturated carbocycles. The van der Waals surface area contributed by atoms with E-state index in [2.05, 4.69) is 43.4 Å². The molecule has 0 fully saturated rings. The molecule has 0 amide bonds. The summed E-state index contributed by atoms with van der Waals surface area (Å²) in [4.78, 5) is 0. The molecule has 1 heterocycles. The van der Waals surface area contributed by atoms with Crippen molar-refractivity contribution in [3.8, 4) is 0 Å². The van der Waals surface area contributed by atoms with Crippen molar-refractivity contribution >= 4 is 5.69 Å². The van der Waals surface area contributed by atoms with Gasteiger partial charge >= 0.3 is 0 Å². The summed E-state index contributed by atoms with van der Waals surface area (Å²) in [7, 11) is 0. The van der Waals surface area contributed by atoms with Crippen molar-refractivity contribution in [1.29, 1.82) is 0 Å². The Hall–Kier alpha value is -0.980. The first-order valence-corrected chi connectivity index (χ1v) is 5.10. The van der Waals surface area contributed by atoms with Gasteiger partial charge in [0.15, 0.2) is 0 Å². The van der Waals surface area contributed by atoms with Gasteiger partial charge in [-0.25, -0.2) is 0 Å². The highest BCUT2D eigenvalue weighted by Crippen LogP contribution is 2.39. The fourth-order valence-electron chi connectivity index (χ4n) is 2.32. The van der Waals surface area contributed by atoms with Crippen molar-refractivity contribution < 1.29 is 0 Å². The summed E-state index contributed by atoms with van der Waals surface area (Å²) in [5, 5.41) is 3.48. The Labute approximate surface area is 80.2 Å². The summed E-state index contributed by atoms with van der Waals surface area (Å²) in [6.07, 6.45) is 2.53. The van der Waals surface area contributed by atoms with Crippen LogP contribution in [0.1, 0.15) is 32.3 Å². The lowest BCUT2D eigenvalue weighted by molar-refractivity contribution is 0.471. The van der Waals surface area contributed by atoms with Gasteiger partial charge in [-0.1, -0.05) is 38.5 Å². The van der Waals surface area contributed by atoms with Gasteiger partial charge in [-0.2, -0.15) is 0 Å². The quantitative estimate of drug-likeness (QED) is 0.728. The van der Waals surface area contributed by atoms with Crippen LogP contribution in [0.25, 0.3) is 0 Å². The van der Waals surface area contributed by atoms with Crippen molar-refractivity contribution in [2.45, 2.75) is 32.1 Å². The molecule has 1 heteroatoms. The van der Waals surface area contributed by atoms with Crippen molar-refractivity contribution in [2.75, 3.05) is 11.9 Å². The normalized spacial score (nSPS) is 25.4. The maximum Gasteiger partial charge on any atom is 0.0379 e. The molecular weight excluding hydrogens is 158 g/mol. The minimum absolute atomic E-state index is 0.366. The first-order chi connectivity index (χ1) is 6.26. The van der Waals surface area contributed by atoms with Crippen LogP contribution in [-0.4, -0.2) is 6.54 Å². The average Bonchev–Trinajstić information content (AvgIpc) is 2.46. The first kappa shape index (κ1) is 8.61. The van der Waals surface area contributed by atoms with E-state index in [1.807, 2.05) is 0 Å². The lowest BCUT2D eigenvalue weighted by atomic mass is 9.81. The Morgan fingerprint density at radius 2 is 2.15 bits per heavy atom. The number of anilines is 1. The van der Waals surface area contributed by atoms with Crippen LogP contribution in [0.3, 0.4) is 0 Å². The van der Waals surface area contributed by atoms with E-state index in [1.54, 1.807) is 0 Å². The second-order valence-electron chi connectivity index (χ2n) is 4.21. The van der Waals surface area contributed by atoms with Crippen LogP contribution in [-0.2, 0) is 5.41 Å². The number of rotatable bonds is 2. The van der Waals surface area contributed by atoms with Crippen LogP contribution < -0.4 is 5.32 Å². The molecule has 1 unspecified atom stereocenters. The lowest BCUT2D eigenvalue weighted by Crippen LogP contribution is -2.23. The maximum atomic E-state index is 3.48. The first-order valence-electron chi connectivity index (χ1n) is 5.10. The smallest absolute Gasteiger partial charge is 0.0379 e. The molecule has 0 bridgehead atoms. The van der Waals surface area contributed by atoms with Crippen LogP contribution >= 0.6 is 0 Å². The molecule has 0 aromatic heterocycles. The number of fused-ring (bicyclic) bond motifs is 1. The topological polar surface area (TPSA) is 12.0 Å². The van der Waals surface area contributed by atoms with E-state index in [9.17, 15) is 0 Å². The molecule has 1 aliphatic heterocycles. The zero-order valence-electron chi connectivity index (χ0n) is 8.43.